The summed E-state index contributed by atoms with van der Waals surface area (Å²) in [4.78, 5) is 3.00. The number of thiophene rings is 1. The van der Waals surface area contributed by atoms with E-state index in [4.69, 9.17) is 0 Å². The highest BCUT2D eigenvalue weighted by Gasteiger charge is 2.19. The summed E-state index contributed by atoms with van der Waals surface area (Å²) in [5.74, 6) is 0.716. The Morgan fingerprint density at radius 1 is 1.26 bits per heavy atom. The van der Waals surface area contributed by atoms with Crippen LogP contribution >= 0.6 is 11.3 Å². The number of nitrogens with zero attached hydrogens (tertiary/aromatic N) is 3. The molecule has 2 unspecified atom stereocenters. The first-order valence-corrected chi connectivity index (χ1v) is 7.66. The predicted octanol–water partition coefficient (Wildman–Crippen LogP) is 2.55. The molecule has 0 bridgehead atoms. The molecule has 0 aliphatic heterocycles. The van der Waals surface area contributed by atoms with Crippen LogP contribution in [0, 0.1) is 0 Å². The molecule has 1 aliphatic rings. The molecule has 5 nitrogen and oxygen atoms in total. The highest BCUT2D eigenvalue weighted by molar-refractivity contribution is 7.12. The van der Waals surface area contributed by atoms with Crippen LogP contribution in [-0.2, 0) is 12.8 Å². The topological polar surface area (TPSA) is 66.5 Å². The number of H-pyrrole nitrogens is 1. The summed E-state index contributed by atoms with van der Waals surface area (Å²) in [5, 5.41) is 17.7. The van der Waals surface area contributed by atoms with E-state index in [0.29, 0.717) is 11.9 Å². The fourth-order valence-electron chi connectivity index (χ4n) is 2.61. The lowest BCUT2D eigenvalue weighted by atomic mass is 9.99. The molecule has 2 N–H and O–H groups in total. The molecule has 0 spiro atoms. The van der Waals surface area contributed by atoms with Gasteiger partial charge in [-0.2, -0.15) is 5.21 Å². The second-order valence-corrected chi connectivity index (χ2v) is 6.35. The van der Waals surface area contributed by atoms with Crippen LogP contribution in [0.5, 0.6) is 0 Å². The van der Waals surface area contributed by atoms with Gasteiger partial charge < -0.3 is 0 Å². The number of rotatable bonds is 4. The fourth-order valence-corrected chi connectivity index (χ4v) is 3.88. The second-order valence-electron chi connectivity index (χ2n) is 5.18. The first-order valence-electron chi connectivity index (χ1n) is 6.85. The van der Waals surface area contributed by atoms with Crippen LogP contribution in [-0.4, -0.2) is 20.6 Å². The summed E-state index contributed by atoms with van der Waals surface area (Å²) in [6.07, 6.45) is 5.18. The van der Waals surface area contributed by atoms with Gasteiger partial charge in [-0.25, -0.2) is 0 Å². The smallest absolute Gasteiger partial charge is 0.191 e. The van der Waals surface area contributed by atoms with Crippen LogP contribution in [0.3, 0.4) is 0 Å². The molecule has 0 saturated heterocycles. The highest BCUT2D eigenvalue weighted by atomic mass is 32.1. The molecule has 0 aromatic carbocycles. The largest absolute Gasteiger partial charge is 0.300 e. The van der Waals surface area contributed by atoms with Gasteiger partial charge in [-0.1, -0.05) is 5.21 Å². The van der Waals surface area contributed by atoms with Crippen molar-refractivity contribution in [1.29, 1.82) is 0 Å². The third kappa shape index (κ3) is 2.69. The van der Waals surface area contributed by atoms with Crippen LogP contribution in [0.25, 0.3) is 0 Å². The molecule has 1 aliphatic carbocycles. The number of nitrogens with one attached hydrogen (secondary N) is 2. The van der Waals surface area contributed by atoms with E-state index in [9.17, 15) is 0 Å². The lowest BCUT2D eigenvalue weighted by Gasteiger charge is -2.16. The van der Waals surface area contributed by atoms with Gasteiger partial charge >= 0.3 is 0 Å². The van der Waals surface area contributed by atoms with Gasteiger partial charge in [-0.15, -0.1) is 21.5 Å². The van der Waals surface area contributed by atoms with Crippen molar-refractivity contribution in [2.75, 3.05) is 0 Å². The van der Waals surface area contributed by atoms with E-state index in [1.54, 1.807) is 10.4 Å². The molecule has 6 heteroatoms. The Bertz CT molecular complexity index is 510. The molecule has 19 heavy (non-hydrogen) atoms. The molecule has 0 amide bonds. The maximum atomic E-state index is 4.02. The Hall–Kier alpha value is -1.27. The maximum absolute atomic E-state index is 4.02. The van der Waals surface area contributed by atoms with Gasteiger partial charge in [0.2, 0.25) is 0 Å². The average Bonchev–Trinajstić information content (AvgIpc) is 3.07. The lowest BCUT2D eigenvalue weighted by Crippen LogP contribution is -2.22. The summed E-state index contributed by atoms with van der Waals surface area (Å²) in [6.45, 7) is 4.27. The minimum Gasteiger partial charge on any atom is -0.300 e. The van der Waals surface area contributed by atoms with Crippen molar-refractivity contribution in [3.05, 3.63) is 27.2 Å². The molecule has 2 atom stereocenters. The SMILES string of the molecule is CC(NC(C)c1cc2c(s1)CCCC2)c1nn[nH]n1. The summed E-state index contributed by atoms with van der Waals surface area (Å²) < 4.78 is 0. The quantitative estimate of drug-likeness (QED) is 0.901. The Morgan fingerprint density at radius 2 is 2.11 bits per heavy atom. The zero-order valence-electron chi connectivity index (χ0n) is 11.3. The molecule has 2 aromatic heterocycles. The first kappa shape index (κ1) is 12.7. The number of fused-ring (bicyclic) bond motifs is 1. The van der Waals surface area contributed by atoms with Crippen LogP contribution in [0.4, 0.5) is 0 Å². The number of hydrogen-bond acceptors (Lipinski definition) is 5. The standard InChI is InChI=1S/C13H19N5S/c1-8(14-9(2)13-15-17-18-16-13)12-7-10-5-3-4-6-11(10)19-12/h7-9,14H,3-6H2,1-2H3,(H,15,16,17,18). The fraction of sp³-hybridized carbons (Fsp3) is 0.615. The average molecular weight is 277 g/mol. The molecular weight excluding hydrogens is 258 g/mol. The molecule has 0 fully saturated rings. The first-order chi connectivity index (χ1) is 9.24. The summed E-state index contributed by atoms with van der Waals surface area (Å²) in [5.41, 5.74) is 1.56. The monoisotopic (exact) mass is 277 g/mol. The van der Waals surface area contributed by atoms with Crippen LogP contribution < -0.4 is 5.32 Å². The van der Waals surface area contributed by atoms with Gasteiger partial charge in [0.05, 0.1) is 6.04 Å². The van der Waals surface area contributed by atoms with E-state index in [2.05, 4.69) is 45.9 Å². The minimum atomic E-state index is 0.105. The molecule has 0 radical (unpaired) electrons. The van der Waals surface area contributed by atoms with E-state index >= 15 is 0 Å². The third-order valence-electron chi connectivity index (χ3n) is 3.69. The van der Waals surface area contributed by atoms with Crippen molar-refractivity contribution < 1.29 is 0 Å². The number of tetrazole rings is 1. The molecule has 102 valence electrons. The van der Waals surface area contributed by atoms with Crippen molar-refractivity contribution in [3.8, 4) is 0 Å². The van der Waals surface area contributed by atoms with Gasteiger partial charge in [0.1, 0.15) is 0 Å². The van der Waals surface area contributed by atoms with Gasteiger partial charge in [-0.3, -0.25) is 5.32 Å². The normalized spacial score (nSPS) is 18.0. The minimum absolute atomic E-state index is 0.105. The lowest BCUT2D eigenvalue weighted by molar-refractivity contribution is 0.481. The van der Waals surface area contributed by atoms with Crippen LogP contribution in [0.2, 0.25) is 0 Å². The maximum Gasteiger partial charge on any atom is 0.191 e. The van der Waals surface area contributed by atoms with E-state index in [1.165, 1.54) is 30.6 Å². The number of aromatic nitrogens is 4. The van der Waals surface area contributed by atoms with Crippen molar-refractivity contribution in [2.24, 2.45) is 0 Å². The molecule has 0 saturated carbocycles. The zero-order valence-corrected chi connectivity index (χ0v) is 12.1. The number of hydrogen-bond donors (Lipinski definition) is 2. The number of aryl methyl sites for hydroxylation is 2. The van der Waals surface area contributed by atoms with Gasteiger partial charge in [0.25, 0.3) is 0 Å². The Morgan fingerprint density at radius 3 is 2.84 bits per heavy atom. The molecule has 2 aromatic rings. The van der Waals surface area contributed by atoms with Crippen LogP contribution in [0.15, 0.2) is 6.07 Å². The predicted molar refractivity (Wildman–Crippen MR) is 75.1 cm³/mol. The molecule has 2 heterocycles. The zero-order chi connectivity index (χ0) is 13.2. The molecule has 3 rings (SSSR count). The van der Waals surface area contributed by atoms with Crippen molar-refractivity contribution in [3.63, 3.8) is 0 Å². The van der Waals surface area contributed by atoms with Crippen molar-refractivity contribution >= 4 is 11.3 Å². The summed E-state index contributed by atoms with van der Waals surface area (Å²) in [7, 11) is 0. The third-order valence-corrected chi connectivity index (χ3v) is 5.11. The Labute approximate surface area is 116 Å². The van der Waals surface area contributed by atoms with E-state index < -0.39 is 0 Å². The van der Waals surface area contributed by atoms with Crippen molar-refractivity contribution in [1.82, 2.24) is 25.9 Å². The summed E-state index contributed by atoms with van der Waals surface area (Å²) in [6, 6.07) is 2.80. The Balaban J connectivity index is 1.70. The van der Waals surface area contributed by atoms with E-state index in [1.807, 2.05) is 11.3 Å². The van der Waals surface area contributed by atoms with Crippen molar-refractivity contribution in [2.45, 2.75) is 51.6 Å². The Kier molecular flexibility index (Phi) is 3.61. The molecular formula is C13H19N5S. The van der Waals surface area contributed by atoms with E-state index in [-0.39, 0.29) is 6.04 Å². The van der Waals surface area contributed by atoms with Gasteiger partial charge in [0, 0.05) is 15.8 Å². The second kappa shape index (κ2) is 5.38. The number of aromatic amines is 1. The summed E-state index contributed by atoms with van der Waals surface area (Å²) >= 11 is 1.96. The van der Waals surface area contributed by atoms with Crippen LogP contribution in [0.1, 0.15) is 59.9 Å². The highest BCUT2D eigenvalue weighted by Crippen LogP contribution is 2.33. The van der Waals surface area contributed by atoms with Gasteiger partial charge in [-0.05, 0) is 51.2 Å². The van der Waals surface area contributed by atoms with E-state index in [0.717, 1.165) is 0 Å². The van der Waals surface area contributed by atoms with Gasteiger partial charge in [0.15, 0.2) is 5.82 Å².